The van der Waals surface area contributed by atoms with Gasteiger partial charge in [0, 0.05) is 31.3 Å². The van der Waals surface area contributed by atoms with Crippen LogP contribution in [-0.4, -0.2) is 31.8 Å². The van der Waals surface area contributed by atoms with Gasteiger partial charge >= 0.3 is 0 Å². The number of methoxy groups -OCH3 is 1. The molecule has 1 N–H and O–H groups in total. The Bertz CT molecular complexity index is 1130. The molecule has 1 aliphatic rings. The summed E-state index contributed by atoms with van der Waals surface area (Å²) >= 11 is 0. The van der Waals surface area contributed by atoms with Gasteiger partial charge in [-0.05, 0) is 24.6 Å². The Labute approximate surface area is 155 Å². The number of ether oxygens (including phenoxy) is 1. The number of fused-ring (bicyclic) bond motifs is 3. The molecule has 0 saturated heterocycles. The molecule has 4 heterocycles. The first-order valence-corrected chi connectivity index (χ1v) is 8.68. The summed E-state index contributed by atoms with van der Waals surface area (Å²) in [6.07, 6.45) is 6.89. The van der Waals surface area contributed by atoms with Crippen molar-refractivity contribution in [3.8, 4) is 11.1 Å². The summed E-state index contributed by atoms with van der Waals surface area (Å²) in [6, 6.07) is 12.5. The van der Waals surface area contributed by atoms with E-state index in [1.54, 1.807) is 7.11 Å². The quantitative estimate of drug-likeness (QED) is 0.604. The van der Waals surface area contributed by atoms with Gasteiger partial charge in [-0.25, -0.2) is 5.10 Å². The van der Waals surface area contributed by atoms with Gasteiger partial charge in [-0.1, -0.05) is 29.8 Å². The Morgan fingerprint density at radius 2 is 1.93 bits per heavy atom. The molecule has 1 aromatic carbocycles. The number of nitrogens with one attached hydrogen (secondary N) is 1. The van der Waals surface area contributed by atoms with E-state index in [9.17, 15) is 0 Å². The van der Waals surface area contributed by atoms with Crippen LogP contribution in [0.2, 0.25) is 0 Å². The molecule has 7 heteroatoms. The highest BCUT2D eigenvalue weighted by molar-refractivity contribution is 5.97. The number of anilines is 1. The van der Waals surface area contributed by atoms with E-state index < -0.39 is 0 Å². The molecule has 134 valence electrons. The molecule has 5 rings (SSSR count). The zero-order valence-corrected chi connectivity index (χ0v) is 15.0. The van der Waals surface area contributed by atoms with Gasteiger partial charge in [0.1, 0.15) is 6.33 Å². The molecule has 27 heavy (non-hydrogen) atoms. The third-order valence-electron chi connectivity index (χ3n) is 4.87. The Hall–Kier alpha value is -3.45. The number of pyridine rings is 1. The summed E-state index contributed by atoms with van der Waals surface area (Å²) < 4.78 is 8.05. The first kappa shape index (κ1) is 15.8. The maximum absolute atomic E-state index is 5.91. The third-order valence-corrected chi connectivity index (χ3v) is 4.87. The van der Waals surface area contributed by atoms with Gasteiger partial charge in [0.2, 0.25) is 5.95 Å². The smallest absolute Gasteiger partial charge is 0.227 e. The minimum atomic E-state index is -0.367. The highest BCUT2D eigenvalue weighted by Gasteiger charge is 2.32. The zero-order valence-electron chi connectivity index (χ0n) is 15.0. The first-order valence-electron chi connectivity index (χ1n) is 8.68. The van der Waals surface area contributed by atoms with Crippen LogP contribution in [0, 0.1) is 6.92 Å². The Kier molecular flexibility index (Phi) is 3.54. The lowest BCUT2D eigenvalue weighted by Gasteiger charge is -2.31. The molecule has 0 aliphatic carbocycles. The summed E-state index contributed by atoms with van der Waals surface area (Å²) in [5.41, 5.74) is 6.38. The number of aromatic nitrogens is 5. The predicted molar refractivity (Wildman–Crippen MR) is 104 cm³/mol. The van der Waals surface area contributed by atoms with Crippen LogP contribution in [0.25, 0.3) is 28.4 Å². The van der Waals surface area contributed by atoms with Gasteiger partial charge in [0.15, 0.2) is 6.23 Å². The fourth-order valence-corrected chi connectivity index (χ4v) is 3.64. The van der Waals surface area contributed by atoms with E-state index in [2.05, 4.69) is 62.0 Å². The van der Waals surface area contributed by atoms with Crippen molar-refractivity contribution in [2.24, 2.45) is 0 Å². The van der Waals surface area contributed by atoms with Gasteiger partial charge in [-0.2, -0.15) is 10.1 Å². The van der Waals surface area contributed by atoms with Gasteiger partial charge < -0.3 is 9.30 Å². The lowest BCUT2D eigenvalue weighted by atomic mass is 10.0. The van der Waals surface area contributed by atoms with E-state index in [0.29, 0.717) is 5.95 Å². The van der Waals surface area contributed by atoms with Crippen molar-refractivity contribution in [1.82, 2.24) is 24.7 Å². The standard InChI is InChI=1S/C20H18N6O/c1-13-5-7-14(8-6-13)16-17-15(4-3-9-21-17)25-10-11-26(19(27-2)18(16)25)20-22-12-23-24-20/h3-12,19H,1-2H3,(H,22,23,24). The molecular weight excluding hydrogens is 340 g/mol. The molecule has 0 amide bonds. The van der Waals surface area contributed by atoms with Crippen molar-refractivity contribution < 1.29 is 4.74 Å². The summed E-state index contributed by atoms with van der Waals surface area (Å²) in [5, 5.41) is 6.88. The minimum Gasteiger partial charge on any atom is -0.355 e. The molecular formula is C20H18N6O. The maximum Gasteiger partial charge on any atom is 0.227 e. The summed E-state index contributed by atoms with van der Waals surface area (Å²) in [6.45, 7) is 2.09. The van der Waals surface area contributed by atoms with E-state index in [1.165, 1.54) is 11.9 Å². The number of aryl methyl sites for hydroxylation is 1. The third kappa shape index (κ3) is 2.36. The molecule has 1 atom stereocenters. The lowest BCUT2D eigenvalue weighted by Crippen LogP contribution is -2.30. The van der Waals surface area contributed by atoms with Crippen molar-refractivity contribution in [3.05, 3.63) is 66.4 Å². The molecule has 7 nitrogen and oxygen atoms in total. The van der Waals surface area contributed by atoms with Gasteiger partial charge in [-0.15, -0.1) is 0 Å². The van der Waals surface area contributed by atoms with Crippen molar-refractivity contribution in [3.63, 3.8) is 0 Å². The molecule has 3 aromatic heterocycles. The molecule has 4 aromatic rings. The molecule has 0 radical (unpaired) electrons. The zero-order chi connectivity index (χ0) is 18.4. The molecule has 1 unspecified atom stereocenters. The molecule has 0 bridgehead atoms. The van der Waals surface area contributed by atoms with E-state index >= 15 is 0 Å². The van der Waals surface area contributed by atoms with Gasteiger partial charge in [0.25, 0.3) is 0 Å². The fraction of sp³-hybridized carbons (Fsp3) is 0.150. The molecule has 0 spiro atoms. The van der Waals surface area contributed by atoms with Crippen LogP contribution in [0.1, 0.15) is 17.5 Å². The van der Waals surface area contributed by atoms with E-state index in [0.717, 1.165) is 27.9 Å². The average molecular weight is 358 g/mol. The Balaban J connectivity index is 1.80. The van der Waals surface area contributed by atoms with Crippen molar-refractivity contribution in [2.75, 3.05) is 12.0 Å². The van der Waals surface area contributed by atoms with Crippen LogP contribution in [0.4, 0.5) is 5.95 Å². The number of benzene rings is 1. The van der Waals surface area contributed by atoms with Crippen molar-refractivity contribution >= 4 is 23.2 Å². The normalized spacial score (nSPS) is 16.1. The minimum absolute atomic E-state index is 0.367. The maximum atomic E-state index is 5.91. The summed E-state index contributed by atoms with van der Waals surface area (Å²) in [4.78, 5) is 10.9. The number of rotatable bonds is 3. The van der Waals surface area contributed by atoms with Crippen LogP contribution in [0.5, 0.6) is 0 Å². The lowest BCUT2D eigenvalue weighted by molar-refractivity contribution is 0.101. The van der Waals surface area contributed by atoms with Crippen molar-refractivity contribution in [2.45, 2.75) is 13.2 Å². The molecule has 0 fully saturated rings. The first-order chi connectivity index (χ1) is 13.3. The SMILES string of the molecule is COC1c2c(-c3ccc(C)cc3)c3ncccc3n2C=CN1c1ncn[nH]1. The number of nitrogens with zero attached hydrogens (tertiary/aromatic N) is 5. The predicted octanol–water partition coefficient (Wildman–Crippen LogP) is 3.72. The number of aromatic amines is 1. The van der Waals surface area contributed by atoms with Crippen LogP contribution in [0.3, 0.4) is 0 Å². The van der Waals surface area contributed by atoms with E-state index in [4.69, 9.17) is 4.74 Å². The monoisotopic (exact) mass is 358 g/mol. The topological polar surface area (TPSA) is 71.9 Å². The van der Waals surface area contributed by atoms with E-state index in [-0.39, 0.29) is 6.23 Å². The highest BCUT2D eigenvalue weighted by Crippen LogP contribution is 2.42. The molecule has 1 aliphatic heterocycles. The number of hydrogen-bond donors (Lipinski definition) is 1. The Morgan fingerprint density at radius 3 is 2.67 bits per heavy atom. The van der Waals surface area contributed by atoms with Crippen LogP contribution < -0.4 is 4.90 Å². The van der Waals surface area contributed by atoms with Crippen LogP contribution >= 0.6 is 0 Å². The van der Waals surface area contributed by atoms with Gasteiger partial charge in [-0.3, -0.25) is 9.88 Å². The van der Waals surface area contributed by atoms with Gasteiger partial charge in [0.05, 0.1) is 16.7 Å². The second kappa shape index (κ2) is 6.07. The number of hydrogen-bond acceptors (Lipinski definition) is 5. The highest BCUT2D eigenvalue weighted by atomic mass is 16.5. The second-order valence-electron chi connectivity index (χ2n) is 6.47. The van der Waals surface area contributed by atoms with Crippen molar-refractivity contribution in [1.29, 1.82) is 0 Å². The molecule has 0 saturated carbocycles. The second-order valence-corrected chi connectivity index (χ2v) is 6.47. The Morgan fingerprint density at radius 1 is 1.07 bits per heavy atom. The number of H-pyrrole nitrogens is 1. The van der Waals surface area contributed by atoms with Crippen LogP contribution in [0.15, 0.2) is 55.1 Å². The van der Waals surface area contributed by atoms with Crippen LogP contribution in [-0.2, 0) is 4.74 Å². The van der Waals surface area contributed by atoms with E-state index in [1.807, 2.05) is 29.6 Å². The largest absolute Gasteiger partial charge is 0.355 e. The summed E-state index contributed by atoms with van der Waals surface area (Å²) in [5.74, 6) is 0.623. The average Bonchev–Trinajstić information content (AvgIpc) is 3.34. The summed E-state index contributed by atoms with van der Waals surface area (Å²) in [7, 11) is 1.70. The fourth-order valence-electron chi connectivity index (χ4n) is 3.64.